The minimum absolute atomic E-state index is 0.160. The number of nitro benzene ring substituents is 1. The molecule has 0 aliphatic rings. The van der Waals surface area contributed by atoms with Gasteiger partial charge in [-0.05, 0) is 30.0 Å². The van der Waals surface area contributed by atoms with Gasteiger partial charge >= 0.3 is 5.69 Å². The van der Waals surface area contributed by atoms with Gasteiger partial charge in [0.15, 0.2) is 0 Å². The van der Waals surface area contributed by atoms with Crippen LogP contribution in [0.15, 0.2) is 34.7 Å². The standard InChI is InChI=1S/C13H11N3O4S/c1-8-5-9(12(17)10(6-8)16(19)20)7-14-15-13(18)11-3-2-4-21-11/h2-7,17H,1H3,(H,15,18). The second kappa shape index (κ2) is 6.14. The van der Waals surface area contributed by atoms with Gasteiger partial charge in [-0.15, -0.1) is 11.3 Å². The predicted molar refractivity (Wildman–Crippen MR) is 78.9 cm³/mol. The summed E-state index contributed by atoms with van der Waals surface area (Å²) in [4.78, 5) is 22.2. The maximum atomic E-state index is 11.6. The minimum atomic E-state index is -0.677. The Hall–Kier alpha value is -2.74. The van der Waals surface area contributed by atoms with E-state index in [2.05, 4.69) is 10.5 Å². The molecule has 0 atom stereocenters. The van der Waals surface area contributed by atoms with Crippen LogP contribution in [-0.4, -0.2) is 22.2 Å². The van der Waals surface area contributed by atoms with Gasteiger partial charge in [0, 0.05) is 11.6 Å². The predicted octanol–water partition coefficient (Wildman–Crippen LogP) is 2.43. The Balaban J connectivity index is 2.18. The molecule has 2 N–H and O–H groups in total. The first-order valence-corrected chi connectivity index (χ1v) is 6.72. The summed E-state index contributed by atoms with van der Waals surface area (Å²) >= 11 is 1.26. The van der Waals surface area contributed by atoms with Crippen molar-refractivity contribution in [3.63, 3.8) is 0 Å². The fourth-order valence-electron chi connectivity index (χ4n) is 1.65. The van der Waals surface area contributed by atoms with Crippen molar-refractivity contribution in [3.05, 3.63) is 55.8 Å². The zero-order chi connectivity index (χ0) is 15.4. The number of aromatic hydroxyl groups is 1. The van der Waals surface area contributed by atoms with Crippen molar-refractivity contribution in [2.75, 3.05) is 0 Å². The summed E-state index contributed by atoms with van der Waals surface area (Å²) in [6.45, 7) is 1.66. The van der Waals surface area contributed by atoms with E-state index in [1.54, 1.807) is 24.4 Å². The maximum absolute atomic E-state index is 11.6. The largest absolute Gasteiger partial charge is 0.502 e. The Morgan fingerprint density at radius 3 is 2.90 bits per heavy atom. The molecular formula is C13H11N3O4S. The van der Waals surface area contributed by atoms with Crippen LogP contribution in [0.2, 0.25) is 0 Å². The summed E-state index contributed by atoms with van der Waals surface area (Å²) in [5.74, 6) is -0.873. The lowest BCUT2D eigenvalue weighted by atomic mass is 10.1. The quantitative estimate of drug-likeness (QED) is 0.514. The third kappa shape index (κ3) is 3.42. The van der Waals surface area contributed by atoms with Crippen molar-refractivity contribution in [3.8, 4) is 5.75 Å². The molecule has 1 amide bonds. The zero-order valence-corrected chi connectivity index (χ0v) is 11.8. The number of amides is 1. The molecule has 2 aromatic rings. The van der Waals surface area contributed by atoms with Gasteiger partial charge in [0.05, 0.1) is 16.0 Å². The number of rotatable bonds is 4. The van der Waals surface area contributed by atoms with Crippen LogP contribution >= 0.6 is 11.3 Å². The van der Waals surface area contributed by atoms with Gasteiger partial charge in [-0.25, -0.2) is 5.43 Å². The normalized spacial score (nSPS) is 10.7. The Bertz CT molecular complexity index is 710. The van der Waals surface area contributed by atoms with Gasteiger partial charge in [0.2, 0.25) is 5.75 Å². The molecule has 108 valence electrons. The molecule has 0 saturated carbocycles. The highest BCUT2D eigenvalue weighted by Crippen LogP contribution is 2.29. The van der Waals surface area contributed by atoms with Gasteiger partial charge in [0.25, 0.3) is 5.91 Å². The van der Waals surface area contributed by atoms with Crippen molar-refractivity contribution in [1.82, 2.24) is 5.43 Å². The third-order valence-electron chi connectivity index (χ3n) is 2.58. The molecule has 8 heteroatoms. The number of phenolic OH excluding ortho intramolecular Hbond substituents is 1. The molecule has 0 bridgehead atoms. The van der Waals surface area contributed by atoms with Gasteiger partial charge in [-0.3, -0.25) is 14.9 Å². The van der Waals surface area contributed by atoms with Crippen molar-refractivity contribution in [1.29, 1.82) is 0 Å². The number of hydrogen-bond donors (Lipinski definition) is 2. The average Bonchev–Trinajstić information content (AvgIpc) is 2.95. The number of nitrogens with zero attached hydrogens (tertiary/aromatic N) is 2. The van der Waals surface area contributed by atoms with E-state index in [4.69, 9.17) is 0 Å². The van der Waals surface area contributed by atoms with Crippen LogP contribution in [0.1, 0.15) is 20.8 Å². The second-order valence-corrected chi connectivity index (χ2v) is 5.10. The van der Waals surface area contributed by atoms with Gasteiger partial charge in [0.1, 0.15) is 0 Å². The first-order valence-electron chi connectivity index (χ1n) is 5.84. The summed E-state index contributed by atoms with van der Waals surface area (Å²) in [7, 11) is 0. The number of phenols is 1. The number of carbonyl (C=O) groups excluding carboxylic acids is 1. The Morgan fingerprint density at radius 2 is 2.29 bits per heavy atom. The fraction of sp³-hybridized carbons (Fsp3) is 0.0769. The number of thiophene rings is 1. The highest BCUT2D eigenvalue weighted by atomic mass is 32.1. The fourth-order valence-corrected chi connectivity index (χ4v) is 2.26. The Morgan fingerprint density at radius 1 is 1.52 bits per heavy atom. The van der Waals surface area contributed by atoms with Crippen LogP contribution in [-0.2, 0) is 0 Å². The van der Waals surface area contributed by atoms with Crippen molar-refractivity contribution in [2.45, 2.75) is 6.92 Å². The first-order chi connectivity index (χ1) is 9.99. The van der Waals surface area contributed by atoms with Gasteiger partial charge in [-0.2, -0.15) is 5.10 Å². The van der Waals surface area contributed by atoms with Crippen molar-refractivity contribution >= 4 is 29.1 Å². The Labute approximate surface area is 123 Å². The highest BCUT2D eigenvalue weighted by molar-refractivity contribution is 7.12. The van der Waals surface area contributed by atoms with E-state index in [0.717, 1.165) is 0 Å². The number of carbonyl (C=O) groups is 1. The van der Waals surface area contributed by atoms with E-state index >= 15 is 0 Å². The topological polar surface area (TPSA) is 105 Å². The van der Waals surface area contributed by atoms with Crippen molar-refractivity contribution in [2.24, 2.45) is 5.10 Å². The zero-order valence-electron chi connectivity index (χ0n) is 10.9. The van der Waals surface area contributed by atoms with Gasteiger partial charge < -0.3 is 5.11 Å². The summed E-state index contributed by atoms with van der Waals surface area (Å²) in [5, 5.41) is 26.0. The third-order valence-corrected chi connectivity index (χ3v) is 3.44. The van der Waals surface area contributed by atoms with Crippen LogP contribution in [0.4, 0.5) is 5.69 Å². The van der Waals surface area contributed by atoms with E-state index in [-0.39, 0.29) is 11.5 Å². The van der Waals surface area contributed by atoms with Crippen LogP contribution in [0, 0.1) is 17.0 Å². The lowest BCUT2D eigenvalue weighted by Crippen LogP contribution is -2.16. The van der Waals surface area contributed by atoms with Crippen LogP contribution < -0.4 is 5.43 Å². The molecule has 0 fully saturated rings. The van der Waals surface area contributed by atoms with E-state index < -0.39 is 16.4 Å². The minimum Gasteiger partial charge on any atom is -0.502 e. The number of nitro groups is 1. The molecule has 0 aliphatic carbocycles. The number of aryl methyl sites for hydroxylation is 1. The maximum Gasteiger partial charge on any atom is 0.311 e. The summed E-state index contributed by atoms with van der Waals surface area (Å²) in [5.41, 5.74) is 2.65. The molecule has 21 heavy (non-hydrogen) atoms. The molecule has 0 aliphatic heterocycles. The highest BCUT2D eigenvalue weighted by Gasteiger charge is 2.17. The monoisotopic (exact) mass is 305 g/mol. The van der Waals surface area contributed by atoms with E-state index in [1.807, 2.05) is 0 Å². The molecule has 1 heterocycles. The first kappa shape index (κ1) is 14.7. The molecule has 1 aromatic carbocycles. The molecule has 0 spiro atoms. The number of hydrazone groups is 1. The number of benzene rings is 1. The average molecular weight is 305 g/mol. The molecule has 0 unspecified atom stereocenters. The van der Waals surface area contributed by atoms with Crippen LogP contribution in [0.25, 0.3) is 0 Å². The summed E-state index contributed by atoms with van der Waals surface area (Å²) in [6.07, 6.45) is 1.17. The second-order valence-electron chi connectivity index (χ2n) is 4.16. The van der Waals surface area contributed by atoms with E-state index in [1.165, 1.54) is 29.7 Å². The van der Waals surface area contributed by atoms with E-state index in [0.29, 0.717) is 10.4 Å². The number of nitrogens with one attached hydrogen (secondary N) is 1. The molecule has 1 aromatic heterocycles. The smallest absolute Gasteiger partial charge is 0.311 e. The van der Waals surface area contributed by atoms with Crippen LogP contribution in [0.5, 0.6) is 5.75 Å². The molecule has 0 radical (unpaired) electrons. The molecule has 2 rings (SSSR count). The SMILES string of the molecule is Cc1cc(C=NNC(=O)c2cccs2)c(O)c([N+](=O)[O-])c1. The lowest BCUT2D eigenvalue weighted by Gasteiger charge is -2.02. The molecule has 7 nitrogen and oxygen atoms in total. The van der Waals surface area contributed by atoms with Gasteiger partial charge in [-0.1, -0.05) is 6.07 Å². The molecular weight excluding hydrogens is 294 g/mol. The Kier molecular flexibility index (Phi) is 4.29. The van der Waals surface area contributed by atoms with E-state index in [9.17, 15) is 20.0 Å². The molecule has 0 saturated heterocycles. The van der Waals surface area contributed by atoms with Crippen molar-refractivity contribution < 1.29 is 14.8 Å². The van der Waals surface area contributed by atoms with Crippen LogP contribution in [0.3, 0.4) is 0 Å². The lowest BCUT2D eigenvalue weighted by molar-refractivity contribution is -0.385. The summed E-state index contributed by atoms with van der Waals surface area (Å²) < 4.78 is 0. The number of hydrogen-bond acceptors (Lipinski definition) is 6. The summed E-state index contributed by atoms with van der Waals surface area (Å²) in [6, 6.07) is 6.17.